The molecule has 4 rings (SSSR count). The van der Waals surface area contributed by atoms with Crippen molar-refractivity contribution in [3.05, 3.63) is 52.3 Å². The molecule has 3 aromatic rings. The Morgan fingerprint density at radius 3 is 2.68 bits per heavy atom. The largest absolute Gasteiger partial charge is 0.360 e. The first-order chi connectivity index (χ1) is 15.0. The molecule has 10 nitrogen and oxygen atoms in total. The number of nitrogens with one attached hydrogen (secondary N) is 2. The van der Waals surface area contributed by atoms with Crippen molar-refractivity contribution in [2.24, 2.45) is 0 Å². The fraction of sp³-hybridized carbons (Fsp3) is 0.381. The number of anilines is 2. The molecule has 0 bridgehead atoms. The van der Waals surface area contributed by atoms with Gasteiger partial charge in [0.25, 0.3) is 5.56 Å². The van der Waals surface area contributed by atoms with Crippen LogP contribution in [0.3, 0.4) is 0 Å². The summed E-state index contributed by atoms with van der Waals surface area (Å²) < 4.78 is 4.96. The average molecular weight is 423 g/mol. The number of aromatic nitrogens is 4. The van der Waals surface area contributed by atoms with E-state index in [1.165, 1.54) is 6.07 Å². The number of aromatic amines is 1. The molecule has 1 aliphatic heterocycles. The zero-order chi connectivity index (χ0) is 21.8. The van der Waals surface area contributed by atoms with Crippen molar-refractivity contribution in [1.82, 2.24) is 25.0 Å². The summed E-state index contributed by atoms with van der Waals surface area (Å²) in [4.78, 5) is 40.1. The molecule has 0 radical (unpaired) electrons. The molecule has 0 unspecified atom stereocenters. The van der Waals surface area contributed by atoms with Gasteiger partial charge in [-0.2, -0.15) is 0 Å². The van der Waals surface area contributed by atoms with E-state index >= 15 is 0 Å². The van der Waals surface area contributed by atoms with Crippen LogP contribution < -0.4 is 15.8 Å². The minimum Gasteiger partial charge on any atom is -0.360 e. The Kier molecular flexibility index (Phi) is 6.08. The van der Waals surface area contributed by atoms with Gasteiger partial charge in [-0.1, -0.05) is 12.1 Å². The molecule has 0 spiro atoms. The molecule has 10 heteroatoms. The van der Waals surface area contributed by atoms with Gasteiger partial charge >= 0.3 is 0 Å². The van der Waals surface area contributed by atoms with Gasteiger partial charge in [0.15, 0.2) is 5.82 Å². The number of hydrogen-bond acceptors (Lipinski definition) is 8. The minimum atomic E-state index is -0.162. The summed E-state index contributed by atoms with van der Waals surface area (Å²) >= 11 is 0. The number of nitrogens with zero attached hydrogens (tertiary/aromatic N) is 5. The van der Waals surface area contributed by atoms with Crippen LogP contribution in [0.15, 0.2) is 39.8 Å². The Balaban J connectivity index is 1.32. The summed E-state index contributed by atoms with van der Waals surface area (Å²) in [5.41, 5.74) is 1.36. The fourth-order valence-electron chi connectivity index (χ4n) is 3.48. The molecule has 1 aliphatic rings. The van der Waals surface area contributed by atoms with Crippen LogP contribution in [-0.4, -0.2) is 63.6 Å². The topological polar surface area (TPSA) is 120 Å². The van der Waals surface area contributed by atoms with Crippen molar-refractivity contribution < 1.29 is 9.32 Å². The third-order valence-corrected chi connectivity index (χ3v) is 5.14. The molecule has 0 aromatic carbocycles. The molecule has 0 aliphatic carbocycles. The Bertz CT molecular complexity index is 1100. The maximum absolute atomic E-state index is 12.2. The van der Waals surface area contributed by atoms with Gasteiger partial charge in [-0.3, -0.25) is 14.5 Å². The van der Waals surface area contributed by atoms with Gasteiger partial charge in [0.1, 0.15) is 17.4 Å². The molecule has 0 atom stereocenters. The number of piperazine rings is 1. The van der Waals surface area contributed by atoms with Crippen LogP contribution in [0.5, 0.6) is 0 Å². The number of carbonyl (C=O) groups excluding carboxylic acids is 1. The van der Waals surface area contributed by atoms with Crippen molar-refractivity contribution in [1.29, 1.82) is 0 Å². The number of hydrogen-bond donors (Lipinski definition) is 2. The van der Waals surface area contributed by atoms with E-state index in [4.69, 9.17) is 4.52 Å². The molecule has 1 saturated heterocycles. The normalized spacial score (nSPS) is 14.6. The number of aryl methyl sites for hydroxylation is 2. The number of carbonyl (C=O) groups is 1. The van der Waals surface area contributed by atoms with Crippen molar-refractivity contribution in [3.63, 3.8) is 0 Å². The standard InChI is InChI=1S/C21H25N7O3/c1-3-16-11-19(29)25-21(23-16)15-4-5-18(22-12-15)28-8-6-27(7-9-28)13-20(30)24-17-10-14(2)31-26-17/h4-5,10-12H,3,6-9,13H2,1-2H3,(H,23,25,29)(H,24,26,30). The van der Waals surface area contributed by atoms with Gasteiger partial charge in [0, 0.05) is 55.8 Å². The van der Waals surface area contributed by atoms with Crippen LogP contribution in [0.25, 0.3) is 11.4 Å². The monoisotopic (exact) mass is 423 g/mol. The minimum absolute atomic E-state index is 0.111. The third-order valence-electron chi connectivity index (χ3n) is 5.14. The first-order valence-electron chi connectivity index (χ1n) is 10.3. The van der Waals surface area contributed by atoms with E-state index in [-0.39, 0.29) is 11.5 Å². The zero-order valence-electron chi connectivity index (χ0n) is 17.6. The molecular weight excluding hydrogens is 398 g/mol. The van der Waals surface area contributed by atoms with Gasteiger partial charge in [-0.15, -0.1) is 0 Å². The highest BCUT2D eigenvalue weighted by Crippen LogP contribution is 2.19. The quantitative estimate of drug-likeness (QED) is 0.611. The molecular formula is C21H25N7O3. The van der Waals surface area contributed by atoms with Gasteiger partial charge in [0.2, 0.25) is 5.91 Å². The van der Waals surface area contributed by atoms with Gasteiger partial charge in [-0.05, 0) is 25.5 Å². The number of pyridine rings is 1. The Hall–Kier alpha value is -3.53. The molecule has 1 amide bonds. The summed E-state index contributed by atoms with van der Waals surface area (Å²) in [5, 5.41) is 6.52. The van der Waals surface area contributed by atoms with E-state index in [0.29, 0.717) is 30.4 Å². The molecule has 3 aromatic heterocycles. The van der Waals surface area contributed by atoms with Crippen molar-refractivity contribution in [3.8, 4) is 11.4 Å². The number of rotatable bonds is 6. The zero-order valence-corrected chi connectivity index (χ0v) is 17.6. The van der Waals surface area contributed by atoms with Crippen LogP contribution in [0.2, 0.25) is 0 Å². The molecule has 4 heterocycles. The SMILES string of the molecule is CCc1cc(=O)[nH]c(-c2ccc(N3CCN(CC(=O)Nc4cc(C)on4)CC3)nc2)n1. The van der Waals surface area contributed by atoms with Crippen LogP contribution >= 0.6 is 0 Å². The summed E-state index contributed by atoms with van der Waals surface area (Å²) in [6.07, 6.45) is 2.43. The Labute approximate surface area is 179 Å². The van der Waals surface area contributed by atoms with E-state index in [9.17, 15) is 9.59 Å². The highest BCUT2D eigenvalue weighted by Gasteiger charge is 2.20. The van der Waals surface area contributed by atoms with Crippen molar-refractivity contribution in [2.75, 3.05) is 42.9 Å². The second-order valence-electron chi connectivity index (χ2n) is 7.48. The van der Waals surface area contributed by atoms with Gasteiger partial charge < -0.3 is 19.7 Å². The lowest BCUT2D eigenvalue weighted by Gasteiger charge is -2.34. The van der Waals surface area contributed by atoms with E-state index in [0.717, 1.165) is 43.3 Å². The van der Waals surface area contributed by atoms with E-state index in [2.05, 4.69) is 35.2 Å². The third kappa shape index (κ3) is 5.15. The number of amides is 1. The first-order valence-corrected chi connectivity index (χ1v) is 10.3. The summed E-state index contributed by atoms with van der Waals surface area (Å²) in [5.74, 6) is 2.37. The molecule has 2 N–H and O–H groups in total. The Morgan fingerprint density at radius 2 is 2.03 bits per heavy atom. The molecule has 162 valence electrons. The van der Waals surface area contributed by atoms with E-state index < -0.39 is 0 Å². The summed E-state index contributed by atoms with van der Waals surface area (Å²) in [6.45, 7) is 7.08. The summed E-state index contributed by atoms with van der Waals surface area (Å²) in [7, 11) is 0. The molecule has 31 heavy (non-hydrogen) atoms. The summed E-state index contributed by atoms with van der Waals surface area (Å²) in [6, 6.07) is 7.05. The lowest BCUT2D eigenvalue weighted by Crippen LogP contribution is -2.48. The lowest BCUT2D eigenvalue weighted by atomic mass is 10.2. The highest BCUT2D eigenvalue weighted by atomic mass is 16.5. The van der Waals surface area contributed by atoms with Crippen molar-refractivity contribution >= 4 is 17.5 Å². The smallest absolute Gasteiger partial charge is 0.251 e. The molecule has 1 fully saturated rings. The second-order valence-corrected chi connectivity index (χ2v) is 7.48. The Morgan fingerprint density at radius 1 is 1.23 bits per heavy atom. The maximum Gasteiger partial charge on any atom is 0.251 e. The highest BCUT2D eigenvalue weighted by molar-refractivity contribution is 5.91. The van der Waals surface area contributed by atoms with Crippen LogP contribution in [-0.2, 0) is 11.2 Å². The van der Waals surface area contributed by atoms with Crippen LogP contribution in [0, 0.1) is 6.92 Å². The predicted octanol–water partition coefficient (Wildman–Crippen LogP) is 1.45. The average Bonchev–Trinajstić information content (AvgIpc) is 3.18. The van der Waals surface area contributed by atoms with Crippen LogP contribution in [0.4, 0.5) is 11.6 Å². The van der Waals surface area contributed by atoms with Gasteiger partial charge in [-0.25, -0.2) is 9.97 Å². The van der Waals surface area contributed by atoms with E-state index in [1.807, 2.05) is 19.1 Å². The van der Waals surface area contributed by atoms with Crippen molar-refractivity contribution in [2.45, 2.75) is 20.3 Å². The second kappa shape index (κ2) is 9.09. The van der Waals surface area contributed by atoms with E-state index in [1.54, 1.807) is 19.2 Å². The molecule has 0 saturated carbocycles. The predicted molar refractivity (Wildman–Crippen MR) is 116 cm³/mol. The van der Waals surface area contributed by atoms with Crippen LogP contribution in [0.1, 0.15) is 18.4 Å². The first kappa shape index (κ1) is 20.7. The fourth-order valence-corrected chi connectivity index (χ4v) is 3.48. The maximum atomic E-state index is 12.2. The van der Waals surface area contributed by atoms with Gasteiger partial charge in [0.05, 0.1) is 6.54 Å². The lowest BCUT2D eigenvalue weighted by molar-refractivity contribution is -0.117. The number of H-pyrrole nitrogens is 1.